The lowest BCUT2D eigenvalue weighted by Gasteiger charge is -2.02. The fourth-order valence-electron chi connectivity index (χ4n) is 1.88. The first-order valence-corrected chi connectivity index (χ1v) is 7.75. The van der Waals surface area contributed by atoms with Gasteiger partial charge in [-0.15, -0.1) is 0 Å². The molecule has 2 aromatic heterocycles. The summed E-state index contributed by atoms with van der Waals surface area (Å²) in [7, 11) is 0. The number of hydrogen-bond donors (Lipinski definition) is 1. The maximum absolute atomic E-state index is 12.0. The third kappa shape index (κ3) is 3.69. The van der Waals surface area contributed by atoms with Gasteiger partial charge in [0.1, 0.15) is 12.1 Å². The fraction of sp³-hybridized carbons (Fsp3) is 0.0667. The number of nitrogens with zero attached hydrogens (tertiary/aromatic N) is 2. The molecule has 1 aromatic carbocycles. The van der Waals surface area contributed by atoms with E-state index < -0.39 is 11.6 Å². The van der Waals surface area contributed by atoms with E-state index in [2.05, 4.69) is 15.2 Å². The minimum absolute atomic E-state index is 0.0781. The quantitative estimate of drug-likeness (QED) is 0.544. The Balaban J connectivity index is 1.73. The molecule has 8 heteroatoms. The number of halogens is 1. The van der Waals surface area contributed by atoms with Crippen LogP contribution in [0.25, 0.3) is 0 Å². The van der Waals surface area contributed by atoms with Gasteiger partial charge in [-0.3, -0.25) is 14.7 Å². The Labute approximate surface area is 140 Å². The molecule has 0 aliphatic heterocycles. The Morgan fingerprint density at radius 3 is 2.91 bits per heavy atom. The zero-order valence-corrected chi connectivity index (χ0v) is 13.2. The molecule has 3 rings (SSSR count). The first kappa shape index (κ1) is 15.5. The number of aromatic nitrogens is 3. The van der Waals surface area contributed by atoms with Crippen molar-refractivity contribution >= 4 is 34.9 Å². The lowest BCUT2D eigenvalue weighted by Crippen LogP contribution is -2.18. The second-order valence-corrected chi connectivity index (χ2v) is 6.08. The van der Waals surface area contributed by atoms with Crippen molar-refractivity contribution in [3.05, 3.63) is 59.5 Å². The van der Waals surface area contributed by atoms with E-state index >= 15 is 0 Å². The van der Waals surface area contributed by atoms with Crippen LogP contribution < -0.4 is 0 Å². The molecule has 116 valence electrons. The molecular weight excluding hydrogens is 338 g/mol. The monoisotopic (exact) mass is 347 g/mol. The van der Waals surface area contributed by atoms with E-state index in [1.165, 1.54) is 24.4 Å². The third-order valence-corrected chi connectivity index (χ3v) is 4.24. The van der Waals surface area contributed by atoms with Crippen molar-refractivity contribution in [2.75, 3.05) is 0 Å². The molecule has 0 fully saturated rings. The summed E-state index contributed by atoms with van der Waals surface area (Å²) >= 11 is 7.36. The molecule has 0 aliphatic carbocycles. The largest absolute Gasteiger partial charge is 0.468 e. The second-order valence-electron chi connectivity index (χ2n) is 4.53. The molecule has 0 saturated carbocycles. The molecule has 0 radical (unpaired) electrons. The molecule has 0 spiro atoms. The van der Waals surface area contributed by atoms with Crippen LogP contribution in [-0.4, -0.2) is 26.7 Å². The number of carbonyl (C=O) groups excluding carboxylic acids is 2. The molecule has 0 aliphatic rings. The van der Waals surface area contributed by atoms with Crippen LogP contribution in [0.15, 0.2) is 57.1 Å². The number of H-pyrrole nitrogens is 1. The number of benzene rings is 1. The van der Waals surface area contributed by atoms with Gasteiger partial charge >= 0.3 is 0 Å². The molecule has 0 bridgehead atoms. The fourth-order valence-corrected chi connectivity index (χ4v) is 3.08. The van der Waals surface area contributed by atoms with E-state index in [1.807, 2.05) is 18.2 Å². The summed E-state index contributed by atoms with van der Waals surface area (Å²) in [6.45, 7) is 0. The maximum atomic E-state index is 12.0. The van der Waals surface area contributed by atoms with Gasteiger partial charge in [-0.25, -0.2) is 4.98 Å². The van der Waals surface area contributed by atoms with Gasteiger partial charge < -0.3 is 4.42 Å². The van der Waals surface area contributed by atoms with E-state index in [9.17, 15) is 9.59 Å². The van der Waals surface area contributed by atoms with Crippen LogP contribution in [0.4, 0.5) is 0 Å². The summed E-state index contributed by atoms with van der Waals surface area (Å²) in [6.07, 6.45) is 2.51. The first-order chi connectivity index (χ1) is 11.1. The highest BCUT2D eigenvalue weighted by Crippen LogP contribution is 2.32. The number of rotatable bonds is 6. The summed E-state index contributed by atoms with van der Waals surface area (Å²) in [6, 6.07) is 9.07. The number of nitrogens with one attached hydrogen (secondary N) is 1. The van der Waals surface area contributed by atoms with Crippen molar-refractivity contribution in [1.82, 2.24) is 15.2 Å². The Kier molecular flexibility index (Phi) is 4.59. The van der Waals surface area contributed by atoms with E-state index in [0.717, 1.165) is 9.79 Å². The second kappa shape index (κ2) is 6.80. The zero-order chi connectivity index (χ0) is 16.2. The summed E-state index contributed by atoms with van der Waals surface area (Å²) in [4.78, 5) is 29.3. The SMILES string of the molecule is O=C(Cc1occc1Sc1cccc(Cl)c1)C(=O)c1ncn[nH]1. The van der Waals surface area contributed by atoms with Crippen LogP contribution in [0.3, 0.4) is 0 Å². The van der Waals surface area contributed by atoms with Crippen LogP contribution >= 0.6 is 23.4 Å². The highest BCUT2D eigenvalue weighted by atomic mass is 35.5. The molecule has 0 saturated heterocycles. The predicted octanol–water partition coefficient (Wildman–Crippen LogP) is 3.20. The lowest BCUT2D eigenvalue weighted by atomic mass is 10.1. The van der Waals surface area contributed by atoms with Crippen molar-refractivity contribution in [2.45, 2.75) is 16.2 Å². The number of carbonyl (C=O) groups is 2. The molecule has 23 heavy (non-hydrogen) atoms. The molecule has 1 N–H and O–H groups in total. The van der Waals surface area contributed by atoms with Crippen LogP contribution in [0, 0.1) is 0 Å². The summed E-state index contributed by atoms with van der Waals surface area (Å²) < 4.78 is 5.33. The third-order valence-electron chi connectivity index (χ3n) is 2.93. The number of Topliss-reactive ketones (excluding diaryl/α,β-unsaturated/α-hetero) is 2. The van der Waals surface area contributed by atoms with E-state index in [4.69, 9.17) is 16.0 Å². The maximum Gasteiger partial charge on any atom is 0.265 e. The summed E-state index contributed by atoms with van der Waals surface area (Å²) in [5, 5.41) is 6.55. The van der Waals surface area contributed by atoms with Gasteiger partial charge in [0.2, 0.25) is 5.78 Å². The van der Waals surface area contributed by atoms with E-state index in [1.54, 1.807) is 12.1 Å². The Bertz CT molecular complexity index is 845. The minimum Gasteiger partial charge on any atom is -0.468 e. The number of hydrogen-bond acceptors (Lipinski definition) is 6. The molecule has 2 heterocycles. The number of aromatic amines is 1. The van der Waals surface area contributed by atoms with Crippen LogP contribution in [0.1, 0.15) is 16.4 Å². The van der Waals surface area contributed by atoms with Gasteiger partial charge in [-0.2, -0.15) is 5.10 Å². The Hall–Kier alpha value is -2.38. The van der Waals surface area contributed by atoms with Crippen molar-refractivity contribution in [2.24, 2.45) is 0 Å². The normalized spacial score (nSPS) is 10.7. The van der Waals surface area contributed by atoms with E-state index in [-0.39, 0.29) is 12.2 Å². The summed E-state index contributed by atoms with van der Waals surface area (Å²) in [5.74, 6) is -0.999. The van der Waals surface area contributed by atoms with Crippen molar-refractivity contribution in [3.8, 4) is 0 Å². The Morgan fingerprint density at radius 1 is 1.30 bits per heavy atom. The average molecular weight is 348 g/mol. The van der Waals surface area contributed by atoms with Gasteiger partial charge in [0.05, 0.1) is 17.6 Å². The van der Waals surface area contributed by atoms with Gasteiger partial charge in [0, 0.05) is 9.92 Å². The van der Waals surface area contributed by atoms with Gasteiger partial charge in [0.25, 0.3) is 5.78 Å². The van der Waals surface area contributed by atoms with Crippen LogP contribution in [0.5, 0.6) is 0 Å². The van der Waals surface area contributed by atoms with Crippen LogP contribution in [-0.2, 0) is 11.2 Å². The molecule has 6 nitrogen and oxygen atoms in total. The first-order valence-electron chi connectivity index (χ1n) is 6.56. The Morgan fingerprint density at radius 2 is 2.17 bits per heavy atom. The highest BCUT2D eigenvalue weighted by Gasteiger charge is 2.22. The number of furan rings is 1. The molecule has 0 atom stereocenters. The average Bonchev–Trinajstić information content (AvgIpc) is 3.19. The molecular formula is C15H10ClN3O3S. The lowest BCUT2D eigenvalue weighted by molar-refractivity contribution is -0.114. The van der Waals surface area contributed by atoms with Gasteiger partial charge in [0.15, 0.2) is 5.82 Å². The number of ketones is 2. The molecule has 3 aromatic rings. The van der Waals surface area contributed by atoms with Crippen molar-refractivity contribution < 1.29 is 14.0 Å². The predicted molar refractivity (Wildman–Crippen MR) is 83.7 cm³/mol. The van der Waals surface area contributed by atoms with Gasteiger partial charge in [-0.1, -0.05) is 29.4 Å². The highest BCUT2D eigenvalue weighted by molar-refractivity contribution is 7.99. The zero-order valence-electron chi connectivity index (χ0n) is 11.7. The van der Waals surface area contributed by atoms with Crippen molar-refractivity contribution in [3.63, 3.8) is 0 Å². The molecule has 0 unspecified atom stereocenters. The van der Waals surface area contributed by atoms with Gasteiger partial charge in [-0.05, 0) is 24.3 Å². The topological polar surface area (TPSA) is 88.8 Å². The van der Waals surface area contributed by atoms with Crippen LogP contribution in [0.2, 0.25) is 5.02 Å². The molecule has 0 amide bonds. The minimum atomic E-state index is -0.724. The van der Waals surface area contributed by atoms with Crippen molar-refractivity contribution in [1.29, 1.82) is 0 Å². The van der Waals surface area contributed by atoms with E-state index in [0.29, 0.717) is 10.8 Å². The summed E-state index contributed by atoms with van der Waals surface area (Å²) in [5.41, 5.74) is 0. The smallest absolute Gasteiger partial charge is 0.265 e. The standard InChI is InChI=1S/C15H10ClN3O3S/c16-9-2-1-3-10(6-9)23-13-4-5-22-12(13)7-11(20)14(21)15-17-8-18-19-15/h1-6,8H,7H2,(H,17,18,19).